The van der Waals surface area contributed by atoms with Gasteiger partial charge in [0.15, 0.2) is 8.32 Å². The van der Waals surface area contributed by atoms with E-state index < -0.39 is 30.4 Å². The Kier molecular flexibility index (Phi) is 10.6. The molecular formula is C29H33N3O10Si. The molecule has 0 fully saturated rings. The maximum atomic E-state index is 12.6. The number of nitro groups is 2. The van der Waals surface area contributed by atoms with Gasteiger partial charge in [0.1, 0.15) is 19.0 Å². The standard InChI is InChI=1S/C29H33N3O10Si/c1-29(2,3)43(4,5)41-19-22-16-21(18-40-28(34)42-25-13-11-24(12-14-25)32(37)38)8-15-26(22)30-27(33)39-17-20-6-9-23(10-7-20)31(35)36/h6-16H,17-19H2,1-5H3,(H,30,33). The molecule has 0 aromatic heterocycles. The second kappa shape index (κ2) is 13.9. The van der Waals surface area contributed by atoms with Crippen LogP contribution in [0.4, 0.5) is 26.7 Å². The maximum Gasteiger partial charge on any atom is 0.514 e. The van der Waals surface area contributed by atoms with Crippen LogP contribution in [-0.4, -0.2) is 30.4 Å². The van der Waals surface area contributed by atoms with E-state index in [9.17, 15) is 29.8 Å². The van der Waals surface area contributed by atoms with Crippen LogP contribution >= 0.6 is 0 Å². The molecule has 0 saturated heterocycles. The van der Waals surface area contributed by atoms with E-state index in [-0.39, 0.29) is 42.0 Å². The third-order valence-electron chi connectivity index (χ3n) is 6.92. The van der Waals surface area contributed by atoms with Crippen LogP contribution in [0, 0.1) is 20.2 Å². The monoisotopic (exact) mass is 611 g/mol. The highest BCUT2D eigenvalue weighted by molar-refractivity contribution is 6.74. The van der Waals surface area contributed by atoms with E-state index in [2.05, 4.69) is 39.2 Å². The summed E-state index contributed by atoms with van der Waals surface area (Å²) in [4.78, 5) is 45.4. The van der Waals surface area contributed by atoms with Crippen molar-refractivity contribution in [3.05, 3.63) is 104 Å². The highest BCUT2D eigenvalue weighted by Crippen LogP contribution is 2.37. The molecule has 0 heterocycles. The number of non-ortho nitro benzene ring substituents is 2. The van der Waals surface area contributed by atoms with E-state index in [1.54, 1.807) is 18.2 Å². The summed E-state index contributed by atoms with van der Waals surface area (Å²) in [6, 6.07) is 15.7. The maximum absolute atomic E-state index is 12.6. The molecule has 0 aliphatic heterocycles. The van der Waals surface area contributed by atoms with Crippen LogP contribution in [0.3, 0.4) is 0 Å². The Morgan fingerprint density at radius 1 is 0.791 bits per heavy atom. The number of nitro benzene ring substituents is 2. The summed E-state index contributed by atoms with van der Waals surface area (Å²) in [7, 11) is -2.17. The number of nitrogens with zero attached hydrogens (tertiary/aromatic N) is 2. The van der Waals surface area contributed by atoms with Gasteiger partial charge in [-0.05, 0) is 65.7 Å². The van der Waals surface area contributed by atoms with Gasteiger partial charge < -0.3 is 18.6 Å². The lowest BCUT2D eigenvalue weighted by molar-refractivity contribution is -0.385. The summed E-state index contributed by atoms with van der Waals surface area (Å²) in [5, 5.41) is 24.3. The molecule has 0 bridgehead atoms. The first-order valence-electron chi connectivity index (χ1n) is 13.2. The Balaban J connectivity index is 1.68. The van der Waals surface area contributed by atoms with E-state index in [0.29, 0.717) is 22.4 Å². The normalized spacial score (nSPS) is 11.4. The molecule has 0 saturated carbocycles. The van der Waals surface area contributed by atoms with Gasteiger partial charge in [0.25, 0.3) is 11.4 Å². The highest BCUT2D eigenvalue weighted by Gasteiger charge is 2.37. The van der Waals surface area contributed by atoms with Crippen LogP contribution < -0.4 is 10.1 Å². The second-order valence-electron chi connectivity index (χ2n) is 11.1. The minimum Gasteiger partial charge on any atom is -0.444 e. The molecule has 0 atom stereocenters. The molecule has 0 radical (unpaired) electrons. The number of amides is 1. The van der Waals surface area contributed by atoms with Gasteiger partial charge in [-0.1, -0.05) is 26.8 Å². The molecule has 0 aliphatic rings. The first-order chi connectivity index (χ1) is 20.1. The van der Waals surface area contributed by atoms with E-state index in [4.69, 9.17) is 18.6 Å². The number of carbonyl (C=O) groups is 2. The van der Waals surface area contributed by atoms with E-state index in [0.717, 1.165) is 0 Å². The number of carbonyl (C=O) groups excluding carboxylic acids is 2. The van der Waals surface area contributed by atoms with Crippen molar-refractivity contribution in [2.24, 2.45) is 0 Å². The van der Waals surface area contributed by atoms with Crippen molar-refractivity contribution < 1.29 is 38.1 Å². The molecule has 3 aromatic carbocycles. The smallest absolute Gasteiger partial charge is 0.444 e. The van der Waals surface area contributed by atoms with Gasteiger partial charge in [-0.3, -0.25) is 25.5 Å². The second-order valence-corrected chi connectivity index (χ2v) is 15.9. The lowest BCUT2D eigenvalue weighted by Gasteiger charge is -2.36. The van der Waals surface area contributed by atoms with Crippen molar-refractivity contribution in [2.45, 2.75) is 58.7 Å². The molecule has 43 heavy (non-hydrogen) atoms. The summed E-state index contributed by atoms with van der Waals surface area (Å²) in [6.07, 6.45) is -1.73. The molecule has 1 N–H and O–H groups in total. The SMILES string of the molecule is CC(C)(C)[Si](C)(C)OCc1cc(COC(=O)Oc2ccc([N+](=O)[O-])cc2)ccc1NC(=O)OCc1ccc([N+](=O)[O-])cc1. The van der Waals surface area contributed by atoms with Gasteiger partial charge >= 0.3 is 12.2 Å². The topological polar surface area (TPSA) is 169 Å². The van der Waals surface area contributed by atoms with Crippen LogP contribution in [0.1, 0.15) is 37.5 Å². The minimum atomic E-state index is -2.17. The fraction of sp³-hybridized carbons (Fsp3) is 0.310. The van der Waals surface area contributed by atoms with Gasteiger partial charge in [-0.25, -0.2) is 9.59 Å². The van der Waals surface area contributed by atoms with Crippen LogP contribution in [-0.2, 0) is 33.7 Å². The number of rotatable bonds is 11. The number of anilines is 1. The van der Waals surface area contributed by atoms with Gasteiger partial charge in [0.2, 0.25) is 0 Å². The zero-order valence-corrected chi connectivity index (χ0v) is 25.4. The molecule has 3 aromatic rings. The molecule has 14 heteroatoms. The summed E-state index contributed by atoms with van der Waals surface area (Å²) in [5.41, 5.74) is 2.03. The highest BCUT2D eigenvalue weighted by atomic mass is 28.4. The van der Waals surface area contributed by atoms with Crippen molar-refractivity contribution >= 4 is 37.6 Å². The van der Waals surface area contributed by atoms with Gasteiger partial charge in [0, 0.05) is 35.5 Å². The zero-order valence-electron chi connectivity index (χ0n) is 24.4. The van der Waals surface area contributed by atoms with Gasteiger partial charge in [-0.2, -0.15) is 0 Å². The molecule has 228 valence electrons. The summed E-state index contributed by atoms with van der Waals surface area (Å²) in [6.45, 7) is 10.4. The predicted octanol–water partition coefficient (Wildman–Crippen LogP) is 7.49. The summed E-state index contributed by atoms with van der Waals surface area (Å²) >= 11 is 0. The van der Waals surface area contributed by atoms with Crippen LogP contribution in [0.5, 0.6) is 5.75 Å². The minimum absolute atomic E-state index is 0.0629. The Hall–Kier alpha value is -4.82. The molecular weight excluding hydrogens is 578 g/mol. The molecule has 0 unspecified atom stereocenters. The Labute approximate surface area is 249 Å². The average molecular weight is 612 g/mol. The van der Waals surface area contributed by atoms with E-state index >= 15 is 0 Å². The molecule has 1 amide bonds. The van der Waals surface area contributed by atoms with Crippen LogP contribution in [0.25, 0.3) is 0 Å². The molecule has 13 nitrogen and oxygen atoms in total. The number of benzene rings is 3. The van der Waals surface area contributed by atoms with Crippen molar-refractivity contribution in [3.8, 4) is 5.75 Å². The predicted molar refractivity (Wildman–Crippen MR) is 159 cm³/mol. The number of nitrogens with one attached hydrogen (secondary N) is 1. The number of hydrogen-bond acceptors (Lipinski definition) is 10. The van der Waals surface area contributed by atoms with Crippen molar-refractivity contribution in [1.29, 1.82) is 0 Å². The Bertz CT molecular complexity index is 1470. The average Bonchev–Trinajstić information content (AvgIpc) is 2.94. The molecule has 0 aliphatic carbocycles. The quantitative estimate of drug-likeness (QED) is 0.0753. The van der Waals surface area contributed by atoms with Crippen LogP contribution in [0.15, 0.2) is 66.7 Å². The molecule has 0 spiro atoms. The van der Waals surface area contributed by atoms with E-state index in [1.807, 2.05) is 0 Å². The van der Waals surface area contributed by atoms with Crippen molar-refractivity contribution in [3.63, 3.8) is 0 Å². The third kappa shape index (κ3) is 9.61. The third-order valence-corrected chi connectivity index (χ3v) is 11.4. The fourth-order valence-corrected chi connectivity index (χ4v) is 4.31. The van der Waals surface area contributed by atoms with Crippen molar-refractivity contribution in [1.82, 2.24) is 0 Å². The lowest BCUT2D eigenvalue weighted by Crippen LogP contribution is -2.40. The molecule has 3 rings (SSSR count). The van der Waals surface area contributed by atoms with Crippen LogP contribution in [0.2, 0.25) is 18.1 Å². The van der Waals surface area contributed by atoms with Gasteiger partial charge in [0.05, 0.1) is 16.5 Å². The first-order valence-corrected chi connectivity index (χ1v) is 16.1. The first kappa shape index (κ1) is 32.7. The van der Waals surface area contributed by atoms with E-state index in [1.165, 1.54) is 48.5 Å². The lowest BCUT2D eigenvalue weighted by atomic mass is 10.1. The number of ether oxygens (including phenoxy) is 3. The Morgan fingerprint density at radius 3 is 1.88 bits per heavy atom. The van der Waals surface area contributed by atoms with Crippen molar-refractivity contribution in [2.75, 3.05) is 5.32 Å². The fourth-order valence-electron chi connectivity index (χ4n) is 3.37. The zero-order chi connectivity index (χ0) is 31.8. The summed E-state index contributed by atoms with van der Waals surface area (Å²) in [5.74, 6) is 0.0887. The summed E-state index contributed by atoms with van der Waals surface area (Å²) < 4.78 is 22.0. The number of hydrogen-bond donors (Lipinski definition) is 1. The Morgan fingerprint density at radius 2 is 1.33 bits per heavy atom. The largest absolute Gasteiger partial charge is 0.514 e. The van der Waals surface area contributed by atoms with Gasteiger partial charge in [-0.15, -0.1) is 0 Å².